The van der Waals surface area contributed by atoms with Crippen molar-refractivity contribution in [2.45, 2.75) is 19.3 Å². The fourth-order valence-electron chi connectivity index (χ4n) is 9.06. The first-order valence-electron chi connectivity index (χ1n) is 17.3. The summed E-state index contributed by atoms with van der Waals surface area (Å²) >= 11 is 0. The highest BCUT2D eigenvalue weighted by Crippen LogP contribution is 2.56. The molecule has 0 amide bonds. The van der Waals surface area contributed by atoms with Gasteiger partial charge in [-0.3, -0.25) is 0 Å². The van der Waals surface area contributed by atoms with Crippen LogP contribution in [0.15, 0.2) is 170 Å². The van der Waals surface area contributed by atoms with Gasteiger partial charge in [-0.05, 0) is 98.7 Å². The maximum atomic E-state index is 2.42. The Morgan fingerprint density at radius 2 is 0.673 bits per heavy atom. The van der Waals surface area contributed by atoms with Crippen molar-refractivity contribution in [3.05, 3.63) is 181 Å². The Morgan fingerprint density at radius 1 is 0.265 bits per heavy atom. The van der Waals surface area contributed by atoms with Crippen molar-refractivity contribution in [3.63, 3.8) is 0 Å². The van der Waals surface area contributed by atoms with Gasteiger partial charge in [0.05, 0.1) is 0 Å². The van der Waals surface area contributed by atoms with Crippen molar-refractivity contribution in [2.75, 3.05) is 0 Å². The van der Waals surface area contributed by atoms with Crippen LogP contribution >= 0.6 is 0 Å². The van der Waals surface area contributed by atoms with E-state index in [1.807, 2.05) is 0 Å². The van der Waals surface area contributed by atoms with Gasteiger partial charge in [0.15, 0.2) is 0 Å². The Labute approximate surface area is 286 Å². The number of hydrogen-bond donors (Lipinski definition) is 0. The third-order valence-electron chi connectivity index (χ3n) is 11.0. The molecule has 1 aliphatic carbocycles. The summed E-state index contributed by atoms with van der Waals surface area (Å²) in [6, 6.07) is 63.0. The lowest BCUT2D eigenvalue weighted by Crippen LogP contribution is -2.17. The molecule has 0 bridgehead atoms. The predicted octanol–water partition coefficient (Wildman–Crippen LogP) is 13.6. The SMILES string of the molecule is CC1(C)c2c(cccc2-c2c3ccccc3c(-c3ccccc3-c3cccc4ccccc34)c3ccccc23)-c2ccc3ccccc3c21. The monoisotopic (exact) mass is 622 g/mol. The zero-order chi connectivity index (χ0) is 32.7. The molecule has 0 unspecified atom stereocenters. The van der Waals surface area contributed by atoms with Gasteiger partial charge in [0.2, 0.25) is 0 Å². The zero-order valence-corrected chi connectivity index (χ0v) is 27.7. The van der Waals surface area contributed by atoms with Crippen LogP contribution in [0, 0.1) is 0 Å². The number of fused-ring (bicyclic) bond motifs is 8. The van der Waals surface area contributed by atoms with Gasteiger partial charge < -0.3 is 0 Å². The Hall–Kier alpha value is -5.98. The van der Waals surface area contributed by atoms with Crippen LogP contribution in [0.5, 0.6) is 0 Å². The van der Waals surface area contributed by atoms with Crippen LogP contribution in [0.2, 0.25) is 0 Å². The molecule has 1 aliphatic rings. The minimum atomic E-state index is -0.177. The van der Waals surface area contributed by atoms with Crippen LogP contribution in [0.25, 0.3) is 87.6 Å². The Balaban J connectivity index is 1.30. The Morgan fingerprint density at radius 3 is 1.35 bits per heavy atom. The van der Waals surface area contributed by atoms with Gasteiger partial charge in [-0.25, -0.2) is 0 Å². The summed E-state index contributed by atoms with van der Waals surface area (Å²) in [6.45, 7) is 4.85. The fraction of sp³-hybridized carbons (Fsp3) is 0.0612. The van der Waals surface area contributed by atoms with Crippen molar-refractivity contribution in [1.82, 2.24) is 0 Å². The third kappa shape index (κ3) is 3.98. The second-order valence-electron chi connectivity index (χ2n) is 14.0. The zero-order valence-electron chi connectivity index (χ0n) is 27.7. The average molecular weight is 623 g/mol. The molecule has 0 N–H and O–H groups in total. The quantitative estimate of drug-likeness (QED) is 0.172. The number of hydrogen-bond acceptors (Lipinski definition) is 0. The second-order valence-corrected chi connectivity index (χ2v) is 14.0. The van der Waals surface area contributed by atoms with E-state index in [1.54, 1.807) is 0 Å². The molecule has 0 fully saturated rings. The van der Waals surface area contributed by atoms with E-state index in [2.05, 4.69) is 184 Å². The van der Waals surface area contributed by atoms with Crippen LogP contribution in [0.4, 0.5) is 0 Å². The molecule has 9 aromatic rings. The van der Waals surface area contributed by atoms with Crippen molar-refractivity contribution in [3.8, 4) is 44.5 Å². The highest BCUT2D eigenvalue weighted by Gasteiger charge is 2.39. The lowest BCUT2D eigenvalue weighted by atomic mass is 9.75. The number of benzene rings is 9. The van der Waals surface area contributed by atoms with Gasteiger partial charge in [-0.1, -0.05) is 184 Å². The first-order valence-corrected chi connectivity index (χ1v) is 17.3. The van der Waals surface area contributed by atoms with Crippen molar-refractivity contribution >= 4 is 43.1 Å². The average Bonchev–Trinajstić information content (AvgIpc) is 3.40. The van der Waals surface area contributed by atoms with Crippen LogP contribution in [-0.4, -0.2) is 0 Å². The van der Waals surface area contributed by atoms with E-state index in [1.165, 1.54) is 98.7 Å². The highest BCUT2D eigenvalue weighted by atomic mass is 14.4. The summed E-state index contributed by atoms with van der Waals surface area (Å²) in [5.41, 5.74) is 13.1. The lowest BCUT2D eigenvalue weighted by Gasteiger charge is -2.27. The molecule has 230 valence electrons. The molecule has 49 heavy (non-hydrogen) atoms. The molecule has 0 heterocycles. The molecule has 0 aromatic heterocycles. The van der Waals surface area contributed by atoms with Crippen molar-refractivity contribution in [2.24, 2.45) is 0 Å². The van der Waals surface area contributed by atoms with Crippen LogP contribution in [0.1, 0.15) is 25.0 Å². The Kier molecular flexibility index (Phi) is 6.02. The molecule has 0 saturated carbocycles. The van der Waals surface area contributed by atoms with Gasteiger partial charge in [0.25, 0.3) is 0 Å². The maximum Gasteiger partial charge on any atom is 0.0171 e. The largest absolute Gasteiger partial charge is 0.0616 e. The first-order chi connectivity index (χ1) is 24.1. The summed E-state index contributed by atoms with van der Waals surface area (Å²) < 4.78 is 0. The molecular weight excluding hydrogens is 589 g/mol. The molecule has 0 saturated heterocycles. The van der Waals surface area contributed by atoms with Crippen LogP contribution in [0.3, 0.4) is 0 Å². The summed E-state index contributed by atoms with van der Waals surface area (Å²) in [5.74, 6) is 0. The smallest absolute Gasteiger partial charge is 0.0171 e. The predicted molar refractivity (Wildman–Crippen MR) is 210 cm³/mol. The van der Waals surface area contributed by atoms with Crippen LogP contribution in [-0.2, 0) is 5.41 Å². The van der Waals surface area contributed by atoms with Gasteiger partial charge in [0.1, 0.15) is 0 Å². The summed E-state index contributed by atoms with van der Waals surface area (Å²) in [6.07, 6.45) is 0. The standard InChI is InChI=1S/C49H34/c1-49(2)47-34-19-6-4-16-32(34)29-30-43(47)42-27-14-28-44(48(42)49)46-40-24-11-9-22-38(40)45(39-23-10-12-25-41(39)46)37-21-8-7-20-36(37)35-26-13-17-31-15-3-5-18-33(31)35/h3-30H,1-2H3. The third-order valence-corrected chi connectivity index (χ3v) is 11.0. The molecule has 0 radical (unpaired) electrons. The first kappa shape index (κ1) is 28.1. The van der Waals surface area contributed by atoms with Crippen molar-refractivity contribution < 1.29 is 0 Å². The van der Waals surface area contributed by atoms with E-state index in [0.29, 0.717) is 0 Å². The summed E-state index contributed by atoms with van der Waals surface area (Å²) in [4.78, 5) is 0. The van der Waals surface area contributed by atoms with E-state index in [-0.39, 0.29) is 5.41 Å². The van der Waals surface area contributed by atoms with E-state index in [4.69, 9.17) is 0 Å². The van der Waals surface area contributed by atoms with Gasteiger partial charge in [-0.2, -0.15) is 0 Å². The summed E-state index contributed by atoms with van der Waals surface area (Å²) in [7, 11) is 0. The fourth-order valence-corrected chi connectivity index (χ4v) is 9.06. The molecule has 9 aromatic carbocycles. The minimum Gasteiger partial charge on any atom is -0.0616 e. The Bertz CT molecular complexity index is 2730. The normalized spacial score (nSPS) is 13.3. The highest BCUT2D eigenvalue weighted by molar-refractivity contribution is 6.23. The molecule has 0 aliphatic heterocycles. The van der Waals surface area contributed by atoms with E-state index in [9.17, 15) is 0 Å². The van der Waals surface area contributed by atoms with Crippen LogP contribution < -0.4 is 0 Å². The molecule has 0 atom stereocenters. The molecule has 0 heteroatoms. The molecule has 0 nitrogen and oxygen atoms in total. The van der Waals surface area contributed by atoms with E-state index >= 15 is 0 Å². The molecule has 0 spiro atoms. The minimum absolute atomic E-state index is 0.177. The number of rotatable bonds is 3. The topological polar surface area (TPSA) is 0 Å². The van der Waals surface area contributed by atoms with Gasteiger partial charge >= 0.3 is 0 Å². The summed E-state index contributed by atoms with van der Waals surface area (Å²) in [5, 5.41) is 10.3. The van der Waals surface area contributed by atoms with Crippen molar-refractivity contribution in [1.29, 1.82) is 0 Å². The molecule has 10 rings (SSSR count). The second kappa shape index (κ2) is 10.5. The van der Waals surface area contributed by atoms with Gasteiger partial charge in [-0.15, -0.1) is 0 Å². The lowest BCUT2D eigenvalue weighted by molar-refractivity contribution is 0.668. The van der Waals surface area contributed by atoms with Gasteiger partial charge in [0, 0.05) is 5.41 Å². The molecular formula is C49H34. The van der Waals surface area contributed by atoms with E-state index < -0.39 is 0 Å². The maximum absolute atomic E-state index is 2.42. The van der Waals surface area contributed by atoms with E-state index in [0.717, 1.165) is 0 Å².